The standard InChI is InChI=1S/C13H21ClN2O2/c1-16-11(10(14)9-15-16)12(17)13(18-2)7-5-3-4-6-8-13/h9,12,17H,3-8H2,1-2H3. The van der Waals surface area contributed by atoms with Crippen LogP contribution in [0.1, 0.15) is 50.3 Å². The summed E-state index contributed by atoms with van der Waals surface area (Å²) >= 11 is 6.12. The molecule has 0 spiro atoms. The number of rotatable bonds is 3. The van der Waals surface area contributed by atoms with E-state index in [2.05, 4.69) is 5.10 Å². The smallest absolute Gasteiger partial charge is 0.126 e. The number of methoxy groups -OCH3 is 1. The number of aryl methyl sites for hydroxylation is 1. The Morgan fingerprint density at radius 2 is 2.00 bits per heavy atom. The normalized spacial score (nSPS) is 21.6. The molecule has 1 aromatic heterocycles. The molecule has 0 aliphatic heterocycles. The fraction of sp³-hybridized carbons (Fsp3) is 0.769. The summed E-state index contributed by atoms with van der Waals surface area (Å²) in [4.78, 5) is 0. The number of hydrogen-bond donors (Lipinski definition) is 1. The Balaban J connectivity index is 2.31. The molecule has 5 heteroatoms. The highest BCUT2D eigenvalue weighted by molar-refractivity contribution is 6.31. The molecule has 0 amide bonds. The van der Waals surface area contributed by atoms with Crippen molar-refractivity contribution >= 4 is 11.6 Å². The summed E-state index contributed by atoms with van der Waals surface area (Å²) in [7, 11) is 3.48. The topological polar surface area (TPSA) is 47.3 Å². The Hall–Kier alpha value is -0.580. The summed E-state index contributed by atoms with van der Waals surface area (Å²) in [5.74, 6) is 0. The Kier molecular flexibility index (Phi) is 4.30. The number of hydrogen-bond acceptors (Lipinski definition) is 3. The van der Waals surface area contributed by atoms with Gasteiger partial charge in [0.2, 0.25) is 0 Å². The van der Waals surface area contributed by atoms with Crippen molar-refractivity contribution in [3.8, 4) is 0 Å². The van der Waals surface area contributed by atoms with Crippen LogP contribution in [0.15, 0.2) is 6.20 Å². The summed E-state index contributed by atoms with van der Waals surface area (Å²) in [6, 6.07) is 0. The third kappa shape index (κ3) is 2.42. The molecule has 0 aromatic carbocycles. The van der Waals surface area contributed by atoms with E-state index in [1.54, 1.807) is 25.0 Å². The van der Waals surface area contributed by atoms with Gasteiger partial charge in [0, 0.05) is 14.2 Å². The number of aromatic nitrogens is 2. The molecule has 1 aromatic rings. The Labute approximate surface area is 113 Å². The van der Waals surface area contributed by atoms with Crippen molar-refractivity contribution in [1.29, 1.82) is 0 Å². The van der Waals surface area contributed by atoms with Crippen molar-refractivity contribution in [2.24, 2.45) is 7.05 Å². The first-order valence-corrected chi connectivity index (χ1v) is 6.89. The first kappa shape index (κ1) is 13.8. The second-order valence-electron chi connectivity index (χ2n) is 5.09. The van der Waals surface area contributed by atoms with Gasteiger partial charge in [-0.2, -0.15) is 5.10 Å². The van der Waals surface area contributed by atoms with Crippen LogP contribution >= 0.6 is 11.6 Å². The van der Waals surface area contributed by atoms with E-state index < -0.39 is 11.7 Å². The molecule has 1 N–H and O–H groups in total. The third-order valence-electron chi connectivity index (χ3n) is 4.05. The molecule has 1 saturated carbocycles. The molecular formula is C13H21ClN2O2. The van der Waals surface area contributed by atoms with Crippen molar-refractivity contribution in [1.82, 2.24) is 9.78 Å². The number of halogens is 1. The van der Waals surface area contributed by atoms with Crippen LogP contribution in [0, 0.1) is 0 Å². The van der Waals surface area contributed by atoms with Crippen LogP contribution < -0.4 is 0 Å². The molecule has 1 fully saturated rings. The highest BCUT2D eigenvalue weighted by Crippen LogP contribution is 2.41. The van der Waals surface area contributed by atoms with E-state index in [0.717, 1.165) is 25.7 Å². The molecule has 1 heterocycles. The van der Waals surface area contributed by atoms with Gasteiger partial charge in [0.15, 0.2) is 0 Å². The zero-order chi connectivity index (χ0) is 13.2. The van der Waals surface area contributed by atoms with Crippen LogP contribution in [0.5, 0.6) is 0 Å². The van der Waals surface area contributed by atoms with Crippen LogP contribution in [0.4, 0.5) is 0 Å². The van der Waals surface area contributed by atoms with Gasteiger partial charge in [-0.05, 0) is 12.8 Å². The summed E-state index contributed by atoms with van der Waals surface area (Å²) in [5.41, 5.74) is 0.133. The molecule has 1 unspecified atom stereocenters. The molecular weight excluding hydrogens is 252 g/mol. The zero-order valence-corrected chi connectivity index (χ0v) is 11.8. The van der Waals surface area contributed by atoms with Crippen molar-refractivity contribution in [2.45, 2.75) is 50.2 Å². The Morgan fingerprint density at radius 3 is 2.44 bits per heavy atom. The van der Waals surface area contributed by atoms with Gasteiger partial charge >= 0.3 is 0 Å². The van der Waals surface area contributed by atoms with Gasteiger partial charge in [-0.3, -0.25) is 4.68 Å². The highest BCUT2D eigenvalue weighted by Gasteiger charge is 2.41. The minimum Gasteiger partial charge on any atom is -0.384 e. The van der Waals surface area contributed by atoms with E-state index in [1.807, 2.05) is 0 Å². The minimum atomic E-state index is -0.722. The quantitative estimate of drug-likeness (QED) is 0.861. The van der Waals surface area contributed by atoms with Crippen LogP contribution in [0.25, 0.3) is 0 Å². The molecule has 1 aliphatic rings. The average molecular weight is 273 g/mol. The number of aliphatic hydroxyl groups excluding tert-OH is 1. The number of nitrogens with zero attached hydrogens (tertiary/aromatic N) is 2. The number of ether oxygens (including phenoxy) is 1. The molecule has 0 saturated heterocycles. The SMILES string of the molecule is COC1(C(O)c2c(Cl)cnn2C)CCCCCC1. The number of aliphatic hydroxyl groups is 1. The average Bonchev–Trinajstić information content (AvgIpc) is 2.59. The van der Waals surface area contributed by atoms with Gasteiger partial charge in [0.25, 0.3) is 0 Å². The predicted molar refractivity (Wildman–Crippen MR) is 70.6 cm³/mol. The van der Waals surface area contributed by atoms with Crippen LogP contribution in [-0.4, -0.2) is 27.6 Å². The van der Waals surface area contributed by atoms with E-state index in [9.17, 15) is 5.11 Å². The summed E-state index contributed by atoms with van der Waals surface area (Å²) < 4.78 is 7.34. The molecule has 1 aliphatic carbocycles. The second-order valence-corrected chi connectivity index (χ2v) is 5.49. The van der Waals surface area contributed by atoms with Crippen LogP contribution in [-0.2, 0) is 11.8 Å². The minimum absolute atomic E-state index is 0.505. The van der Waals surface area contributed by atoms with Crippen molar-refractivity contribution in [3.63, 3.8) is 0 Å². The molecule has 1 atom stereocenters. The Morgan fingerprint density at radius 1 is 1.39 bits per heavy atom. The van der Waals surface area contributed by atoms with Gasteiger partial charge < -0.3 is 9.84 Å². The first-order valence-electron chi connectivity index (χ1n) is 6.51. The first-order chi connectivity index (χ1) is 8.60. The van der Waals surface area contributed by atoms with Gasteiger partial charge in [-0.25, -0.2) is 0 Å². The summed E-state index contributed by atoms with van der Waals surface area (Å²) in [6.07, 6.45) is 7.16. The lowest BCUT2D eigenvalue weighted by Crippen LogP contribution is -2.39. The van der Waals surface area contributed by atoms with Crippen molar-refractivity contribution in [3.05, 3.63) is 16.9 Å². The van der Waals surface area contributed by atoms with Crippen LogP contribution in [0.3, 0.4) is 0 Å². The monoisotopic (exact) mass is 272 g/mol. The van der Waals surface area contributed by atoms with E-state index in [-0.39, 0.29) is 0 Å². The maximum absolute atomic E-state index is 10.7. The predicted octanol–water partition coefficient (Wildman–Crippen LogP) is 2.85. The van der Waals surface area contributed by atoms with Crippen LogP contribution in [0.2, 0.25) is 5.02 Å². The molecule has 0 bridgehead atoms. The van der Waals surface area contributed by atoms with E-state index >= 15 is 0 Å². The van der Waals surface area contributed by atoms with Crippen molar-refractivity contribution in [2.75, 3.05) is 7.11 Å². The second kappa shape index (κ2) is 5.59. The van der Waals surface area contributed by atoms with Gasteiger partial charge in [-0.15, -0.1) is 0 Å². The lowest BCUT2D eigenvalue weighted by molar-refractivity contribution is -0.116. The molecule has 4 nitrogen and oxygen atoms in total. The zero-order valence-electron chi connectivity index (χ0n) is 11.0. The fourth-order valence-electron chi connectivity index (χ4n) is 2.89. The Bertz CT molecular complexity index is 378. The lowest BCUT2D eigenvalue weighted by atomic mass is 9.86. The highest BCUT2D eigenvalue weighted by atomic mass is 35.5. The van der Waals surface area contributed by atoms with E-state index in [0.29, 0.717) is 10.7 Å². The molecule has 0 radical (unpaired) electrons. The third-order valence-corrected chi connectivity index (χ3v) is 4.34. The van der Waals surface area contributed by atoms with Crippen molar-refractivity contribution < 1.29 is 9.84 Å². The molecule has 2 rings (SSSR count). The molecule has 102 valence electrons. The fourth-order valence-corrected chi connectivity index (χ4v) is 3.16. The summed E-state index contributed by atoms with van der Waals surface area (Å²) in [6.45, 7) is 0. The van der Waals surface area contributed by atoms with E-state index in [4.69, 9.17) is 16.3 Å². The van der Waals surface area contributed by atoms with Gasteiger partial charge in [0.05, 0.1) is 22.5 Å². The summed E-state index contributed by atoms with van der Waals surface area (Å²) in [5, 5.41) is 15.3. The van der Waals surface area contributed by atoms with Gasteiger partial charge in [-0.1, -0.05) is 37.3 Å². The lowest BCUT2D eigenvalue weighted by Gasteiger charge is -2.36. The molecule has 18 heavy (non-hydrogen) atoms. The largest absolute Gasteiger partial charge is 0.384 e. The van der Waals surface area contributed by atoms with Gasteiger partial charge in [0.1, 0.15) is 6.10 Å². The maximum Gasteiger partial charge on any atom is 0.126 e. The van der Waals surface area contributed by atoms with E-state index in [1.165, 1.54) is 12.8 Å². The maximum atomic E-state index is 10.7.